The molecule has 0 fully saturated rings. The van der Waals surface area contributed by atoms with Crippen molar-refractivity contribution in [1.29, 1.82) is 0 Å². The van der Waals surface area contributed by atoms with Crippen molar-refractivity contribution in [2.24, 2.45) is 0 Å². The zero-order chi connectivity index (χ0) is 19.9. The van der Waals surface area contributed by atoms with Crippen LogP contribution in [-0.4, -0.2) is 20.4 Å². The molecule has 0 spiro atoms. The third kappa shape index (κ3) is 5.11. The first kappa shape index (κ1) is 19.0. The van der Waals surface area contributed by atoms with Gasteiger partial charge in [0.1, 0.15) is 34.5 Å². The maximum atomic E-state index is 9.49. The van der Waals surface area contributed by atoms with Gasteiger partial charge >= 0.3 is 0 Å². The van der Waals surface area contributed by atoms with Crippen LogP contribution < -0.4 is 0 Å². The normalized spacial score (nSPS) is 10.3. The molecule has 0 aliphatic carbocycles. The summed E-state index contributed by atoms with van der Waals surface area (Å²) in [5, 5.41) is 37.1. The first-order valence-corrected chi connectivity index (χ1v) is 8.58. The van der Waals surface area contributed by atoms with E-state index in [2.05, 4.69) is 0 Å². The van der Waals surface area contributed by atoms with E-state index in [1.807, 2.05) is 12.1 Å². The number of rotatable bonds is 4. The Hall–Kier alpha value is -3.80. The minimum Gasteiger partial charge on any atom is -0.508 e. The molecule has 2 aromatic carbocycles. The Labute approximate surface area is 161 Å². The smallest absolute Gasteiger partial charge is 0.122 e. The lowest BCUT2D eigenvalue weighted by atomic mass is 10.1. The number of aromatic hydroxyl groups is 4. The molecule has 144 valence electrons. The molecular formula is C22H20O6. The zero-order valence-corrected chi connectivity index (χ0v) is 14.9. The quantitative estimate of drug-likeness (QED) is 0.413. The first-order valence-electron chi connectivity index (χ1n) is 8.58. The topological polar surface area (TPSA) is 107 Å². The molecule has 6 nitrogen and oxygen atoms in total. The Bertz CT molecular complexity index is 920. The van der Waals surface area contributed by atoms with E-state index in [-0.39, 0.29) is 23.0 Å². The van der Waals surface area contributed by atoms with Crippen LogP contribution in [0.2, 0.25) is 0 Å². The largest absolute Gasteiger partial charge is 0.508 e. The van der Waals surface area contributed by atoms with Crippen molar-refractivity contribution in [3.05, 3.63) is 95.8 Å². The number of hydrogen-bond acceptors (Lipinski definition) is 6. The summed E-state index contributed by atoms with van der Waals surface area (Å²) in [6.45, 7) is 0. The zero-order valence-electron chi connectivity index (χ0n) is 14.9. The van der Waals surface area contributed by atoms with Gasteiger partial charge in [-0.1, -0.05) is 12.1 Å². The van der Waals surface area contributed by atoms with Gasteiger partial charge in [-0.15, -0.1) is 0 Å². The Morgan fingerprint density at radius 2 is 1.00 bits per heavy atom. The molecule has 0 unspecified atom stereocenters. The van der Waals surface area contributed by atoms with Gasteiger partial charge in [-0.3, -0.25) is 0 Å². The summed E-state index contributed by atoms with van der Waals surface area (Å²) in [4.78, 5) is 0. The molecule has 0 bridgehead atoms. The molecule has 0 saturated heterocycles. The monoisotopic (exact) mass is 380 g/mol. The van der Waals surface area contributed by atoms with E-state index < -0.39 is 0 Å². The Morgan fingerprint density at radius 1 is 0.571 bits per heavy atom. The summed E-state index contributed by atoms with van der Waals surface area (Å²) in [6.07, 6.45) is 4.23. The summed E-state index contributed by atoms with van der Waals surface area (Å²) in [7, 11) is 0. The van der Waals surface area contributed by atoms with Gasteiger partial charge < -0.3 is 29.3 Å². The van der Waals surface area contributed by atoms with Crippen molar-refractivity contribution in [1.82, 2.24) is 0 Å². The summed E-state index contributed by atoms with van der Waals surface area (Å²) in [6, 6.07) is 16.3. The van der Waals surface area contributed by atoms with E-state index in [1.54, 1.807) is 36.8 Å². The van der Waals surface area contributed by atoms with Crippen molar-refractivity contribution in [2.45, 2.75) is 12.8 Å². The summed E-state index contributed by atoms with van der Waals surface area (Å²) in [5.74, 6) is 1.86. The molecule has 2 aromatic heterocycles. The van der Waals surface area contributed by atoms with Crippen molar-refractivity contribution in [3.63, 3.8) is 0 Å². The van der Waals surface area contributed by atoms with E-state index in [9.17, 15) is 10.2 Å². The lowest BCUT2D eigenvalue weighted by Gasteiger charge is -2.02. The van der Waals surface area contributed by atoms with Crippen molar-refractivity contribution in [3.8, 4) is 23.0 Å². The fourth-order valence-electron chi connectivity index (χ4n) is 2.61. The van der Waals surface area contributed by atoms with Crippen LogP contribution in [-0.2, 0) is 12.8 Å². The predicted molar refractivity (Wildman–Crippen MR) is 103 cm³/mol. The van der Waals surface area contributed by atoms with Crippen LogP contribution in [0.5, 0.6) is 23.0 Å². The number of phenols is 4. The summed E-state index contributed by atoms with van der Waals surface area (Å²) >= 11 is 0. The minimum atomic E-state index is 0.0608. The van der Waals surface area contributed by atoms with Crippen molar-refractivity contribution < 1.29 is 29.3 Å². The highest BCUT2D eigenvalue weighted by molar-refractivity contribution is 5.41. The van der Waals surface area contributed by atoms with E-state index in [4.69, 9.17) is 19.0 Å². The van der Waals surface area contributed by atoms with Gasteiger partial charge in [-0.25, -0.2) is 0 Å². The molecule has 4 rings (SSSR count). The van der Waals surface area contributed by atoms with E-state index >= 15 is 0 Å². The third-order valence-corrected chi connectivity index (χ3v) is 4.03. The SMILES string of the molecule is Oc1ccc(Cc2ccco2)c(O)c1.Oc1ccc(Cc2ccco2)c(O)c1. The van der Waals surface area contributed by atoms with Gasteiger partial charge in [0.25, 0.3) is 0 Å². The number of benzene rings is 2. The van der Waals surface area contributed by atoms with Crippen molar-refractivity contribution in [2.75, 3.05) is 0 Å². The second-order valence-electron chi connectivity index (χ2n) is 6.14. The lowest BCUT2D eigenvalue weighted by molar-refractivity contribution is 0.443. The maximum Gasteiger partial charge on any atom is 0.122 e. The second-order valence-corrected chi connectivity index (χ2v) is 6.14. The molecule has 2 heterocycles. The van der Waals surface area contributed by atoms with Crippen LogP contribution in [0.25, 0.3) is 0 Å². The van der Waals surface area contributed by atoms with Crippen LogP contribution >= 0.6 is 0 Å². The van der Waals surface area contributed by atoms with Crippen LogP contribution in [0.1, 0.15) is 22.6 Å². The van der Waals surface area contributed by atoms with Gasteiger partial charge in [0.2, 0.25) is 0 Å². The Balaban J connectivity index is 0.000000161. The highest BCUT2D eigenvalue weighted by Gasteiger charge is 2.05. The van der Waals surface area contributed by atoms with Crippen LogP contribution in [0, 0.1) is 0 Å². The number of phenolic OH excluding ortho intramolecular Hbond substituents is 4. The van der Waals surface area contributed by atoms with E-state index in [0.29, 0.717) is 12.8 Å². The Kier molecular flexibility index (Phi) is 5.91. The van der Waals surface area contributed by atoms with E-state index in [0.717, 1.165) is 22.6 Å². The van der Waals surface area contributed by atoms with Crippen LogP contribution in [0.15, 0.2) is 82.0 Å². The molecule has 0 radical (unpaired) electrons. The summed E-state index contributed by atoms with van der Waals surface area (Å²) in [5.41, 5.74) is 1.47. The molecule has 28 heavy (non-hydrogen) atoms. The van der Waals surface area contributed by atoms with Gasteiger partial charge in [-0.2, -0.15) is 0 Å². The van der Waals surface area contributed by atoms with Gasteiger partial charge in [0.05, 0.1) is 12.5 Å². The highest BCUT2D eigenvalue weighted by atomic mass is 16.3. The standard InChI is InChI=1S/2C11H10O3/c2*12-9-4-3-8(11(13)7-9)6-10-2-1-5-14-10/h2*1-5,7,12-13H,6H2. The van der Waals surface area contributed by atoms with Gasteiger partial charge in [0, 0.05) is 36.1 Å². The van der Waals surface area contributed by atoms with E-state index in [1.165, 1.54) is 24.3 Å². The molecule has 4 N–H and O–H groups in total. The summed E-state index contributed by atoms with van der Waals surface area (Å²) < 4.78 is 10.3. The molecule has 0 aliphatic rings. The van der Waals surface area contributed by atoms with Crippen molar-refractivity contribution >= 4 is 0 Å². The van der Waals surface area contributed by atoms with Crippen LogP contribution in [0.3, 0.4) is 0 Å². The average Bonchev–Trinajstić information content (AvgIpc) is 3.34. The molecule has 4 aromatic rings. The molecular weight excluding hydrogens is 360 g/mol. The fourth-order valence-corrected chi connectivity index (χ4v) is 2.61. The van der Waals surface area contributed by atoms with Gasteiger partial charge in [0.15, 0.2) is 0 Å². The molecule has 0 atom stereocenters. The molecule has 0 aliphatic heterocycles. The third-order valence-electron chi connectivity index (χ3n) is 4.03. The average molecular weight is 380 g/mol. The minimum absolute atomic E-state index is 0.0608. The molecule has 6 heteroatoms. The maximum absolute atomic E-state index is 9.49. The van der Waals surface area contributed by atoms with Gasteiger partial charge in [-0.05, 0) is 36.4 Å². The lowest BCUT2D eigenvalue weighted by Crippen LogP contribution is -1.85. The predicted octanol–water partition coefficient (Wildman–Crippen LogP) is 4.56. The number of hydrogen-bond donors (Lipinski definition) is 4. The second kappa shape index (κ2) is 8.73. The fraction of sp³-hybridized carbons (Fsp3) is 0.0909. The highest BCUT2D eigenvalue weighted by Crippen LogP contribution is 2.25. The Morgan fingerprint density at radius 3 is 1.32 bits per heavy atom. The first-order chi connectivity index (χ1) is 13.5. The number of furan rings is 2. The molecule has 0 amide bonds. The van der Waals surface area contributed by atoms with Crippen LogP contribution in [0.4, 0.5) is 0 Å². The molecule has 0 saturated carbocycles.